The van der Waals surface area contributed by atoms with Crippen LogP contribution in [0.4, 0.5) is 0 Å². The van der Waals surface area contributed by atoms with E-state index >= 15 is 0 Å². The Labute approximate surface area is 102 Å². The molecule has 8 nitrogen and oxygen atoms in total. The van der Waals surface area contributed by atoms with E-state index in [-0.39, 0.29) is 19.4 Å². The Bertz CT molecular complexity index is 323. The zero-order valence-electron chi connectivity index (χ0n) is 9.71. The van der Waals surface area contributed by atoms with Gasteiger partial charge in [0.25, 0.3) is 5.41 Å². The molecular weight excluding hydrogens is 248 g/mol. The first kappa shape index (κ1) is 15.9. The highest BCUT2D eigenvalue weighted by Gasteiger charge is 2.53. The van der Waals surface area contributed by atoms with E-state index in [2.05, 4.69) is 4.74 Å². The minimum absolute atomic E-state index is 0.00181. The van der Waals surface area contributed by atoms with Gasteiger partial charge in [-0.15, -0.1) is 0 Å². The first-order valence-corrected chi connectivity index (χ1v) is 5.08. The quantitative estimate of drug-likeness (QED) is 0.314. The third-order valence-electron chi connectivity index (χ3n) is 2.35. The maximum Gasteiger partial charge on any atom is 0.332 e. The first-order chi connectivity index (χ1) is 8.25. The lowest BCUT2D eigenvalue weighted by Gasteiger charge is -2.19. The van der Waals surface area contributed by atoms with E-state index in [0.717, 1.165) is 0 Å². The summed E-state index contributed by atoms with van der Waals surface area (Å²) in [7, 11) is 0. The minimum atomic E-state index is -2.85. The summed E-state index contributed by atoms with van der Waals surface area (Å²) < 4.78 is 4.56. The van der Waals surface area contributed by atoms with Crippen LogP contribution in [0.15, 0.2) is 0 Å². The van der Waals surface area contributed by atoms with Crippen LogP contribution in [-0.2, 0) is 23.9 Å². The molecule has 0 unspecified atom stereocenters. The van der Waals surface area contributed by atoms with Gasteiger partial charge in [-0.25, -0.2) is 0 Å². The standard InChI is InChI=1S/C10H14O8/c1-6(11)18-5-3-2-4-10(7(12)13,8(14)15)9(16)17/h2-5H2,1H3,(H,12,13)(H,14,15)(H,16,17). The molecule has 0 radical (unpaired) electrons. The Balaban J connectivity index is 4.53. The molecule has 0 aliphatic carbocycles. The second kappa shape index (κ2) is 6.58. The molecule has 18 heavy (non-hydrogen) atoms. The van der Waals surface area contributed by atoms with Gasteiger partial charge in [0.05, 0.1) is 6.61 Å². The van der Waals surface area contributed by atoms with Gasteiger partial charge in [-0.05, 0) is 19.3 Å². The number of ether oxygens (including phenoxy) is 1. The fourth-order valence-corrected chi connectivity index (χ4v) is 1.30. The van der Waals surface area contributed by atoms with Crippen molar-refractivity contribution < 1.29 is 39.2 Å². The average molecular weight is 262 g/mol. The number of rotatable bonds is 8. The van der Waals surface area contributed by atoms with Crippen molar-refractivity contribution in [1.29, 1.82) is 0 Å². The molecule has 0 aromatic rings. The molecule has 0 saturated heterocycles. The summed E-state index contributed by atoms with van der Waals surface area (Å²) in [6.45, 7) is 1.18. The minimum Gasteiger partial charge on any atom is -0.480 e. The Morgan fingerprint density at radius 2 is 1.39 bits per heavy atom. The lowest BCUT2D eigenvalue weighted by Crippen LogP contribution is -2.46. The Hall–Kier alpha value is -2.12. The van der Waals surface area contributed by atoms with Gasteiger partial charge in [0, 0.05) is 6.92 Å². The molecule has 0 aromatic carbocycles. The second-order valence-corrected chi connectivity index (χ2v) is 3.62. The van der Waals surface area contributed by atoms with Gasteiger partial charge >= 0.3 is 23.9 Å². The lowest BCUT2D eigenvalue weighted by molar-refractivity contribution is -0.176. The highest BCUT2D eigenvalue weighted by molar-refractivity contribution is 6.16. The fraction of sp³-hybridized carbons (Fsp3) is 0.600. The van der Waals surface area contributed by atoms with Gasteiger partial charge in [-0.3, -0.25) is 19.2 Å². The SMILES string of the molecule is CC(=O)OCCCCC(C(=O)O)(C(=O)O)C(=O)O. The maximum absolute atomic E-state index is 10.8. The number of carbonyl (C=O) groups excluding carboxylic acids is 1. The van der Waals surface area contributed by atoms with Crippen LogP contribution in [0.3, 0.4) is 0 Å². The molecule has 0 aliphatic heterocycles. The highest BCUT2D eigenvalue weighted by atomic mass is 16.5. The maximum atomic E-state index is 10.8. The smallest absolute Gasteiger partial charge is 0.332 e. The number of unbranched alkanes of at least 4 members (excludes halogenated alkanes) is 1. The topological polar surface area (TPSA) is 138 Å². The van der Waals surface area contributed by atoms with E-state index in [0.29, 0.717) is 0 Å². The summed E-state index contributed by atoms with van der Waals surface area (Å²) in [5.41, 5.74) is -2.85. The molecule has 0 fully saturated rings. The van der Waals surface area contributed by atoms with E-state index in [1.807, 2.05) is 0 Å². The van der Waals surface area contributed by atoms with E-state index in [1.54, 1.807) is 0 Å². The normalized spacial score (nSPS) is 10.7. The largest absolute Gasteiger partial charge is 0.480 e. The molecule has 0 aliphatic rings. The molecule has 0 saturated carbocycles. The summed E-state index contributed by atoms with van der Waals surface area (Å²) in [6, 6.07) is 0. The molecule has 0 spiro atoms. The summed E-state index contributed by atoms with van der Waals surface area (Å²) in [6.07, 6.45) is -0.387. The summed E-state index contributed by atoms with van der Waals surface area (Å²) in [5, 5.41) is 26.3. The molecular formula is C10H14O8. The molecule has 0 bridgehead atoms. The number of esters is 1. The number of hydrogen-bond donors (Lipinski definition) is 3. The van der Waals surface area contributed by atoms with E-state index < -0.39 is 35.7 Å². The zero-order valence-corrected chi connectivity index (χ0v) is 9.71. The third kappa shape index (κ3) is 3.72. The molecule has 8 heteroatoms. The van der Waals surface area contributed by atoms with Gasteiger partial charge in [0.1, 0.15) is 0 Å². The van der Waals surface area contributed by atoms with Gasteiger partial charge in [0.15, 0.2) is 0 Å². The average Bonchev–Trinajstić information content (AvgIpc) is 2.20. The van der Waals surface area contributed by atoms with Crippen LogP contribution in [0, 0.1) is 5.41 Å². The van der Waals surface area contributed by atoms with Crippen LogP contribution < -0.4 is 0 Å². The summed E-state index contributed by atoms with van der Waals surface area (Å²) in [4.78, 5) is 42.9. The van der Waals surface area contributed by atoms with Crippen LogP contribution >= 0.6 is 0 Å². The van der Waals surface area contributed by atoms with Crippen molar-refractivity contribution >= 4 is 23.9 Å². The van der Waals surface area contributed by atoms with Crippen molar-refractivity contribution in [2.75, 3.05) is 6.61 Å². The van der Waals surface area contributed by atoms with Gasteiger partial charge in [0.2, 0.25) is 0 Å². The van der Waals surface area contributed by atoms with Crippen LogP contribution in [0.5, 0.6) is 0 Å². The summed E-state index contributed by atoms with van der Waals surface area (Å²) in [5.74, 6) is -6.28. The predicted octanol–water partition coefficient (Wildman–Crippen LogP) is -0.0400. The molecule has 0 rings (SSSR count). The molecule has 0 atom stereocenters. The van der Waals surface area contributed by atoms with E-state index in [1.165, 1.54) is 6.92 Å². The Kier molecular flexibility index (Phi) is 5.80. The van der Waals surface area contributed by atoms with Gasteiger partial charge < -0.3 is 20.1 Å². The van der Waals surface area contributed by atoms with Crippen LogP contribution in [0.2, 0.25) is 0 Å². The first-order valence-electron chi connectivity index (χ1n) is 5.08. The van der Waals surface area contributed by atoms with Gasteiger partial charge in [-0.2, -0.15) is 0 Å². The zero-order chi connectivity index (χ0) is 14.3. The second-order valence-electron chi connectivity index (χ2n) is 3.62. The highest BCUT2D eigenvalue weighted by Crippen LogP contribution is 2.26. The lowest BCUT2D eigenvalue weighted by atomic mass is 9.83. The van der Waals surface area contributed by atoms with E-state index in [9.17, 15) is 19.2 Å². The molecule has 102 valence electrons. The Morgan fingerprint density at radius 1 is 0.944 bits per heavy atom. The van der Waals surface area contributed by atoms with Crippen molar-refractivity contribution in [3.8, 4) is 0 Å². The van der Waals surface area contributed by atoms with E-state index in [4.69, 9.17) is 15.3 Å². The number of carboxylic acids is 3. The molecule has 0 heterocycles. The third-order valence-corrected chi connectivity index (χ3v) is 2.35. The molecule has 0 aromatic heterocycles. The van der Waals surface area contributed by atoms with Crippen molar-refractivity contribution in [1.82, 2.24) is 0 Å². The monoisotopic (exact) mass is 262 g/mol. The number of carbonyl (C=O) groups is 4. The Morgan fingerprint density at radius 3 is 1.72 bits per heavy atom. The van der Waals surface area contributed by atoms with Crippen LogP contribution in [0.1, 0.15) is 26.2 Å². The van der Waals surface area contributed by atoms with Crippen molar-refractivity contribution in [3.63, 3.8) is 0 Å². The molecule has 0 amide bonds. The number of aliphatic carboxylic acids is 3. The summed E-state index contributed by atoms with van der Waals surface area (Å²) >= 11 is 0. The number of hydrogen-bond acceptors (Lipinski definition) is 5. The number of carboxylic acid groups (broad SMARTS) is 3. The van der Waals surface area contributed by atoms with Gasteiger partial charge in [-0.1, -0.05) is 0 Å². The van der Waals surface area contributed by atoms with Crippen molar-refractivity contribution in [2.45, 2.75) is 26.2 Å². The van der Waals surface area contributed by atoms with Crippen molar-refractivity contribution in [2.24, 2.45) is 5.41 Å². The predicted molar refractivity (Wildman–Crippen MR) is 55.8 cm³/mol. The van der Waals surface area contributed by atoms with Crippen LogP contribution in [0.25, 0.3) is 0 Å². The van der Waals surface area contributed by atoms with Crippen LogP contribution in [-0.4, -0.2) is 45.8 Å². The fourth-order valence-electron chi connectivity index (χ4n) is 1.30. The molecule has 3 N–H and O–H groups in total. The van der Waals surface area contributed by atoms with Crippen molar-refractivity contribution in [3.05, 3.63) is 0 Å².